The van der Waals surface area contributed by atoms with Gasteiger partial charge in [0.05, 0.1) is 17.1 Å². The van der Waals surface area contributed by atoms with Crippen molar-refractivity contribution in [1.82, 2.24) is 15.1 Å². The van der Waals surface area contributed by atoms with Gasteiger partial charge in [0.1, 0.15) is 11.6 Å². The molecule has 124 valence electrons. The van der Waals surface area contributed by atoms with Gasteiger partial charge in [-0.1, -0.05) is 22.9 Å². The van der Waals surface area contributed by atoms with E-state index in [0.29, 0.717) is 22.3 Å². The highest BCUT2D eigenvalue weighted by atomic mass is 35.5. The third kappa shape index (κ3) is 4.00. The molecular weight excluding hydrogens is 348 g/mol. The highest BCUT2D eigenvalue weighted by molar-refractivity contribution is 7.13. The Labute approximate surface area is 148 Å². The van der Waals surface area contributed by atoms with Crippen LogP contribution in [0.3, 0.4) is 0 Å². The van der Waals surface area contributed by atoms with Gasteiger partial charge in [-0.05, 0) is 18.2 Å². The lowest BCUT2D eigenvalue weighted by Crippen LogP contribution is -2.48. The van der Waals surface area contributed by atoms with E-state index in [1.165, 1.54) is 11.3 Å². The summed E-state index contributed by atoms with van der Waals surface area (Å²) in [6.45, 7) is 3.49. The van der Waals surface area contributed by atoms with Crippen molar-refractivity contribution >= 4 is 39.7 Å². The Morgan fingerprint density at radius 2 is 2.17 bits per heavy atom. The van der Waals surface area contributed by atoms with Crippen molar-refractivity contribution in [2.75, 3.05) is 42.9 Å². The third-order valence-corrected chi connectivity index (χ3v) is 4.70. The van der Waals surface area contributed by atoms with Crippen molar-refractivity contribution in [3.63, 3.8) is 0 Å². The summed E-state index contributed by atoms with van der Waals surface area (Å²) in [4.78, 5) is 16.3. The molecule has 0 bridgehead atoms. The van der Waals surface area contributed by atoms with Gasteiger partial charge in [-0.25, -0.2) is 0 Å². The number of amides is 1. The number of hydrogen-bond donors (Lipinski definition) is 1. The molecule has 1 saturated heterocycles. The molecule has 1 aromatic carbocycles. The number of halogens is 1. The minimum atomic E-state index is -0.0818. The van der Waals surface area contributed by atoms with Crippen LogP contribution in [-0.2, 0) is 4.79 Å². The van der Waals surface area contributed by atoms with Crippen molar-refractivity contribution in [3.05, 3.63) is 34.3 Å². The number of anilines is 2. The third-order valence-electron chi connectivity index (χ3n) is 3.78. The van der Waals surface area contributed by atoms with E-state index in [4.69, 9.17) is 16.9 Å². The second-order valence-electron chi connectivity index (χ2n) is 5.33. The van der Waals surface area contributed by atoms with Crippen LogP contribution in [0.1, 0.15) is 5.56 Å². The van der Waals surface area contributed by atoms with Crippen LogP contribution in [0.5, 0.6) is 0 Å². The van der Waals surface area contributed by atoms with Gasteiger partial charge in [-0.2, -0.15) is 5.26 Å². The fraction of sp³-hybridized carbons (Fsp3) is 0.333. The number of hydrogen-bond acceptors (Lipinski definition) is 7. The summed E-state index contributed by atoms with van der Waals surface area (Å²) in [7, 11) is 0. The summed E-state index contributed by atoms with van der Waals surface area (Å²) in [6, 6.07) is 7.52. The lowest BCUT2D eigenvalue weighted by atomic mass is 10.2. The number of nitriles is 1. The molecule has 1 aromatic heterocycles. The van der Waals surface area contributed by atoms with Gasteiger partial charge >= 0.3 is 0 Å². The standard InChI is InChI=1S/C15H15ClN6OS/c16-13-7-12(2-1-11(13)8-17)22-5-3-21(4-6-22)9-14(23)19-15-20-18-10-24-15/h1-2,7,10H,3-6,9H2,(H,19,20,23). The molecule has 0 spiro atoms. The molecular formula is C15H15ClN6OS. The van der Waals surface area contributed by atoms with E-state index in [0.717, 1.165) is 31.9 Å². The average Bonchev–Trinajstić information content (AvgIpc) is 3.08. The van der Waals surface area contributed by atoms with Gasteiger partial charge in [-0.3, -0.25) is 15.0 Å². The van der Waals surface area contributed by atoms with Crippen LogP contribution in [-0.4, -0.2) is 53.7 Å². The van der Waals surface area contributed by atoms with Gasteiger partial charge in [0.15, 0.2) is 0 Å². The SMILES string of the molecule is N#Cc1ccc(N2CCN(CC(=O)Nc3nncs3)CC2)cc1Cl. The Hall–Kier alpha value is -2.21. The first-order chi connectivity index (χ1) is 11.7. The Kier molecular flexibility index (Phi) is 5.25. The normalized spacial score (nSPS) is 15.1. The number of rotatable bonds is 4. The van der Waals surface area contributed by atoms with E-state index in [1.54, 1.807) is 11.6 Å². The van der Waals surface area contributed by atoms with Gasteiger partial charge in [0.25, 0.3) is 0 Å². The molecule has 24 heavy (non-hydrogen) atoms. The van der Waals surface area contributed by atoms with Crippen LogP contribution < -0.4 is 10.2 Å². The first kappa shape index (κ1) is 16.6. The van der Waals surface area contributed by atoms with E-state index in [9.17, 15) is 4.79 Å². The molecule has 0 unspecified atom stereocenters. The topological polar surface area (TPSA) is 85.2 Å². The lowest BCUT2D eigenvalue weighted by Gasteiger charge is -2.35. The van der Waals surface area contributed by atoms with Crippen LogP contribution in [0.25, 0.3) is 0 Å². The number of benzene rings is 1. The molecule has 1 aliphatic heterocycles. The van der Waals surface area contributed by atoms with E-state index in [2.05, 4.69) is 31.4 Å². The number of nitrogens with zero attached hydrogens (tertiary/aromatic N) is 5. The van der Waals surface area contributed by atoms with Crippen LogP contribution in [0, 0.1) is 11.3 Å². The highest BCUT2D eigenvalue weighted by Gasteiger charge is 2.20. The largest absolute Gasteiger partial charge is 0.369 e. The van der Waals surface area contributed by atoms with Crippen LogP contribution in [0.4, 0.5) is 10.8 Å². The zero-order valence-corrected chi connectivity index (χ0v) is 14.3. The summed E-state index contributed by atoms with van der Waals surface area (Å²) in [6.07, 6.45) is 0. The maximum absolute atomic E-state index is 12.0. The van der Waals surface area contributed by atoms with Crippen molar-refractivity contribution in [1.29, 1.82) is 5.26 Å². The minimum absolute atomic E-state index is 0.0818. The predicted octanol–water partition coefficient (Wildman–Crippen LogP) is 1.82. The second-order valence-corrected chi connectivity index (χ2v) is 6.57. The zero-order valence-electron chi connectivity index (χ0n) is 12.8. The summed E-state index contributed by atoms with van der Waals surface area (Å²) < 4.78 is 0. The molecule has 9 heteroatoms. The van der Waals surface area contributed by atoms with Crippen LogP contribution >= 0.6 is 22.9 Å². The molecule has 3 rings (SSSR count). The number of carbonyl (C=O) groups excluding carboxylic acids is 1. The predicted molar refractivity (Wildman–Crippen MR) is 93.4 cm³/mol. The molecule has 0 atom stereocenters. The second kappa shape index (κ2) is 7.57. The van der Waals surface area contributed by atoms with E-state index in [1.807, 2.05) is 12.1 Å². The molecule has 1 amide bonds. The molecule has 2 heterocycles. The Morgan fingerprint density at radius 1 is 1.38 bits per heavy atom. The summed E-state index contributed by atoms with van der Waals surface area (Å²) in [5, 5.41) is 20.1. The number of nitrogens with one attached hydrogen (secondary N) is 1. The molecule has 0 aliphatic carbocycles. The maximum atomic E-state index is 12.0. The molecule has 1 N–H and O–H groups in total. The van der Waals surface area contributed by atoms with Crippen molar-refractivity contribution < 1.29 is 4.79 Å². The number of piperazine rings is 1. The van der Waals surface area contributed by atoms with E-state index < -0.39 is 0 Å². The average molecular weight is 363 g/mol. The van der Waals surface area contributed by atoms with Crippen LogP contribution in [0.2, 0.25) is 5.02 Å². The fourth-order valence-corrected chi connectivity index (χ4v) is 3.22. The van der Waals surface area contributed by atoms with Gasteiger partial charge in [0, 0.05) is 31.9 Å². The lowest BCUT2D eigenvalue weighted by molar-refractivity contribution is -0.117. The van der Waals surface area contributed by atoms with E-state index in [-0.39, 0.29) is 5.91 Å². The van der Waals surface area contributed by atoms with E-state index >= 15 is 0 Å². The summed E-state index contributed by atoms with van der Waals surface area (Å²) >= 11 is 7.39. The molecule has 0 saturated carbocycles. The van der Waals surface area contributed by atoms with Gasteiger partial charge in [0.2, 0.25) is 11.0 Å². The first-order valence-corrected chi connectivity index (χ1v) is 8.64. The zero-order chi connectivity index (χ0) is 16.9. The fourth-order valence-electron chi connectivity index (χ4n) is 2.54. The Bertz CT molecular complexity index is 752. The van der Waals surface area contributed by atoms with Gasteiger partial charge in [-0.15, -0.1) is 10.2 Å². The quantitative estimate of drug-likeness (QED) is 0.893. The first-order valence-electron chi connectivity index (χ1n) is 7.38. The molecule has 0 radical (unpaired) electrons. The van der Waals surface area contributed by atoms with Crippen molar-refractivity contribution in [3.8, 4) is 6.07 Å². The molecule has 1 fully saturated rings. The number of aromatic nitrogens is 2. The Morgan fingerprint density at radius 3 is 2.79 bits per heavy atom. The van der Waals surface area contributed by atoms with Crippen LogP contribution in [0.15, 0.2) is 23.7 Å². The van der Waals surface area contributed by atoms with Gasteiger partial charge < -0.3 is 4.90 Å². The van der Waals surface area contributed by atoms with Crippen molar-refractivity contribution in [2.45, 2.75) is 0 Å². The molecule has 1 aliphatic rings. The summed E-state index contributed by atoms with van der Waals surface area (Å²) in [5.41, 5.74) is 3.06. The van der Waals surface area contributed by atoms with Crippen molar-refractivity contribution in [2.24, 2.45) is 0 Å². The summed E-state index contributed by atoms with van der Waals surface area (Å²) in [5.74, 6) is -0.0818. The minimum Gasteiger partial charge on any atom is -0.369 e. The molecule has 2 aromatic rings. The molecule has 7 nitrogen and oxygen atoms in total. The smallest absolute Gasteiger partial charge is 0.240 e. The number of carbonyl (C=O) groups is 1. The monoisotopic (exact) mass is 362 g/mol. The highest BCUT2D eigenvalue weighted by Crippen LogP contribution is 2.24. The Balaban J connectivity index is 1.51. The maximum Gasteiger partial charge on any atom is 0.240 e.